The van der Waals surface area contributed by atoms with E-state index < -0.39 is 35.7 Å². The van der Waals surface area contributed by atoms with E-state index in [-0.39, 0.29) is 23.7 Å². The van der Waals surface area contributed by atoms with Gasteiger partial charge in [0.05, 0.1) is 7.11 Å². The average molecular weight is 466 g/mol. The molecule has 3 fully saturated rings. The summed E-state index contributed by atoms with van der Waals surface area (Å²) in [5, 5.41) is 5.62. The van der Waals surface area contributed by atoms with Crippen LogP contribution < -0.4 is 10.6 Å². The molecule has 3 aliphatic rings. The molecule has 2 saturated heterocycles. The summed E-state index contributed by atoms with van der Waals surface area (Å²) in [5.74, 6) is -1.45. The van der Waals surface area contributed by atoms with Crippen molar-refractivity contribution in [2.45, 2.75) is 96.2 Å². The minimum absolute atomic E-state index is 0.0961. The number of nitrogens with one attached hydrogen (secondary N) is 2. The Bertz CT molecular complexity index is 756. The number of hydrogen-bond donors (Lipinski definition) is 2. The van der Waals surface area contributed by atoms with E-state index in [4.69, 9.17) is 9.47 Å². The van der Waals surface area contributed by atoms with Crippen molar-refractivity contribution in [3.63, 3.8) is 0 Å². The van der Waals surface area contributed by atoms with Gasteiger partial charge < -0.3 is 20.1 Å². The summed E-state index contributed by atoms with van der Waals surface area (Å²) < 4.78 is 10.5. The molecule has 2 N–H and O–H groups in total. The molecule has 0 aromatic heterocycles. The van der Waals surface area contributed by atoms with E-state index in [9.17, 15) is 19.2 Å². The minimum atomic E-state index is -0.945. The van der Waals surface area contributed by atoms with Crippen LogP contribution in [-0.4, -0.2) is 66.7 Å². The van der Waals surface area contributed by atoms with Crippen LogP contribution in [-0.2, 0) is 23.9 Å². The monoisotopic (exact) mass is 465 g/mol. The highest BCUT2D eigenvalue weighted by atomic mass is 16.6. The Balaban J connectivity index is 1.76. The van der Waals surface area contributed by atoms with E-state index in [1.807, 2.05) is 0 Å². The molecule has 3 atom stereocenters. The Morgan fingerprint density at radius 1 is 1.18 bits per heavy atom. The first-order valence-corrected chi connectivity index (χ1v) is 12.2. The zero-order valence-electron chi connectivity index (χ0n) is 20.4. The summed E-state index contributed by atoms with van der Waals surface area (Å²) in [6.45, 7) is 6.51. The van der Waals surface area contributed by atoms with E-state index in [1.165, 1.54) is 18.4 Å². The molecule has 2 aliphatic heterocycles. The molecule has 0 aromatic carbocycles. The van der Waals surface area contributed by atoms with Crippen LogP contribution in [0.2, 0.25) is 0 Å². The molecule has 1 unspecified atom stereocenters. The van der Waals surface area contributed by atoms with Crippen molar-refractivity contribution in [1.82, 2.24) is 15.5 Å². The number of likely N-dealkylation sites (tertiary alicyclic amines) is 1. The summed E-state index contributed by atoms with van der Waals surface area (Å²) in [6, 6.07) is -1.66. The lowest BCUT2D eigenvalue weighted by atomic mass is 9.72. The van der Waals surface area contributed by atoms with Crippen molar-refractivity contribution in [3.05, 3.63) is 0 Å². The number of esters is 1. The summed E-state index contributed by atoms with van der Waals surface area (Å²) in [7, 11) is 1.27. The van der Waals surface area contributed by atoms with Gasteiger partial charge in [0, 0.05) is 19.0 Å². The molecule has 2 heterocycles. The normalized spacial score (nSPS) is 25.8. The lowest BCUT2D eigenvalue weighted by Gasteiger charge is -2.33. The molecule has 0 aromatic rings. The van der Waals surface area contributed by atoms with Gasteiger partial charge in [-0.15, -0.1) is 0 Å². The van der Waals surface area contributed by atoms with Gasteiger partial charge in [0.15, 0.2) is 0 Å². The SMILES string of the molecule is COC(=O)[C@H](C[C@@H]1CCCNC1=O)NC(=O)C1CC2(CCCCC2)CN1C(=O)OC(C)(C)C. The molecule has 3 amide bonds. The van der Waals surface area contributed by atoms with Crippen LogP contribution in [0, 0.1) is 11.3 Å². The van der Waals surface area contributed by atoms with Crippen LogP contribution in [0.15, 0.2) is 0 Å². The average Bonchev–Trinajstić information content (AvgIpc) is 3.12. The third-order valence-corrected chi connectivity index (χ3v) is 7.08. The zero-order valence-corrected chi connectivity index (χ0v) is 20.4. The van der Waals surface area contributed by atoms with Gasteiger partial charge in [-0.1, -0.05) is 19.3 Å². The number of amides is 3. The molecule has 1 aliphatic carbocycles. The highest BCUT2D eigenvalue weighted by Crippen LogP contribution is 2.46. The number of hydrogen-bond acceptors (Lipinski definition) is 6. The lowest BCUT2D eigenvalue weighted by molar-refractivity contribution is -0.146. The summed E-state index contributed by atoms with van der Waals surface area (Å²) in [5.41, 5.74) is -0.773. The molecule has 9 nitrogen and oxygen atoms in total. The smallest absolute Gasteiger partial charge is 0.410 e. The van der Waals surface area contributed by atoms with Crippen LogP contribution >= 0.6 is 0 Å². The number of methoxy groups -OCH3 is 1. The molecule has 0 radical (unpaired) electrons. The molecular formula is C24H39N3O6. The Labute approximate surface area is 196 Å². The fraction of sp³-hybridized carbons (Fsp3) is 0.833. The summed E-state index contributed by atoms with van der Waals surface area (Å²) >= 11 is 0. The van der Waals surface area contributed by atoms with Crippen LogP contribution in [0.4, 0.5) is 4.79 Å². The Morgan fingerprint density at radius 2 is 1.88 bits per heavy atom. The standard InChI is InChI=1S/C24H39N3O6/c1-23(2,3)33-22(31)27-15-24(10-6-5-7-11-24)14-18(27)20(29)26-17(21(30)32-4)13-16-9-8-12-25-19(16)28/h16-18H,5-15H2,1-4H3,(H,25,28)(H,26,29)/t16-,17-,18?/m0/s1. The topological polar surface area (TPSA) is 114 Å². The first kappa shape index (κ1) is 25.3. The molecule has 1 saturated carbocycles. The van der Waals surface area contributed by atoms with Gasteiger partial charge in [0.25, 0.3) is 0 Å². The van der Waals surface area contributed by atoms with Crippen molar-refractivity contribution in [1.29, 1.82) is 0 Å². The van der Waals surface area contributed by atoms with Gasteiger partial charge in [-0.25, -0.2) is 9.59 Å². The van der Waals surface area contributed by atoms with Crippen LogP contribution in [0.25, 0.3) is 0 Å². The highest BCUT2D eigenvalue weighted by Gasteiger charge is 2.50. The number of carbonyl (C=O) groups is 4. The molecule has 0 bridgehead atoms. The van der Waals surface area contributed by atoms with Crippen molar-refractivity contribution < 1.29 is 28.7 Å². The predicted octanol–water partition coefficient (Wildman–Crippen LogP) is 2.52. The minimum Gasteiger partial charge on any atom is -0.467 e. The van der Waals surface area contributed by atoms with Crippen molar-refractivity contribution in [2.24, 2.45) is 11.3 Å². The van der Waals surface area contributed by atoms with Crippen molar-refractivity contribution in [2.75, 3.05) is 20.2 Å². The van der Waals surface area contributed by atoms with E-state index in [1.54, 1.807) is 20.8 Å². The maximum absolute atomic E-state index is 13.4. The van der Waals surface area contributed by atoms with Crippen LogP contribution in [0.1, 0.15) is 78.6 Å². The first-order valence-electron chi connectivity index (χ1n) is 12.2. The Kier molecular flexibility index (Phi) is 7.90. The number of piperidine rings is 1. The van der Waals surface area contributed by atoms with Gasteiger partial charge in [-0.2, -0.15) is 0 Å². The fourth-order valence-electron chi connectivity index (χ4n) is 5.44. The molecular weight excluding hydrogens is 426 g/mol. The van der Waals surface area contributed by atoms with Gasteiger partial charge in [0.2, 0.25) is 11.8 Å². The second kappa shape index (κ2) is 10.3. The van der Waals surface area contributed by atoms with E-state index >= 15 is 0 Å². The second-order valence-corrected chi connectivity index (χ2v) is 10.8. The molecule has 1 spiro atoms. The zero-order chi connectivity index (χ0) is 24.2. The maximum atomic E-state index is 13.4. The molecule has 186 valence electrons. The van der Waals surface area contributed by atoms with Gasteiger partial charge in [0.1, 0.15) is 17.7 Å². The highest BCUT2D eigenvalue weighted by molar-refractivity contribution is 5.90. The number of rotatable bonds is 5. The Hall–Kier alpha value is -2.32. The Morgan fingerprint density at radius 3 is 2.48 bits per heavy atom. The summed E-state index contributed by atoms with van der Waals surface area (Å²) in [4.78, 5) is 52.7. The van der Waals surface area contributed by atoms with Gasteiger partial charge in [-0.3, -0.25) is 14.5 Å². The third kappa shape index (κ3) is 6.38. The first-order chi connectivity index (χ1) is 15.5. The largest absolute Gasteiger partial charge is 0.467 e. The van der Waals surface area contributed by atoms with Crippen LogP contribution in [0.5, 0.6) is 0 Å². The second-order valence-electron chi connectivity index (χ2n) is 10.8. The fourth-order valence-corrected chi connectivity index (χ4v) is 5.44. The lowest BCUT2D eigenvalue weighted by Crippen LogP contribution is -2.53. The summed E-state index contributed by atoms with van der Waals surface area (Å²) in [6.07, 6.45) is 6.98. The third-order valence-electron chi connectivity index (χ3n) is 7.08. The maximum Gasteiger partial charge on any atom is 0.410 e. The molecule has 3 rings (SSSR count). The van der Waals surface area contributed by atoms with Crippen molar-refractivity contribution in [3.8, 4) is 0 Å². The van der Waals surface area contributed by atoms with E-state index in [2.05, 4.69) is 10.6 Å². The number of carbonyl (C=O) groups excluding carboxylic acids is 4. The number of ether oxygens (including phenoxy) is 2. The molecule has 9 heteroatoms. The van der Waals surface area contributed by atoms with Gasteiger partial charge >= 0.3 is 12.1 Å². The van der Waals surface area contributed by atoms with Crippen LogP contribution in [0.3, 0.4) is 0 Å². The molecule has 33 heavy (non-hydrogen) atoms. The number of nitrogens with zero attached hydrogens (tertiary/aromatic N) is 1. The predicted molar refractivity (Wildman–Crippen MR) is 121 cm³/mol. The van der Waals surface area contributed by atoms with E-state index in [0.717, 1.165) is 32.1 Å². The van der Waals surface area contributed by atoms with E-state index in [0.29, 0.717) is 25.9 Å². The van der Waals surface area contributed by atoms with Crippen molar-refractivity contribution >= 4 is 23.9 Å². The van der Waals surface area contributed by atoms with Gasteiger partial charge in [-0.05, 0) is 64.7 Å². The quantitative estimate of drug-likeness (QED) is 0.603.